The van der Waals surface area contributed by atoms with Crippen molar-refractivity contribution in [3.05, 3.63) is 58.9 Å². The molecule has 2 aromatic rings. The van der Waals surface area contributed by atoms with Gasteiger partial charge < -0.3 is 10.4 Å². The average Bonchev–Trinajstić information content (AvgIpc) is 2.47. The highest BCUT2D eigenvalue weighted by atomic mass is 16.4. The zero-order valence-electron chi connectivity index (χ0n) is 11.9. The second-order valence-corrected chi connectivity index (χ2v) is 4.64. The maximum atomic E-state index is 12.1. The van der Waals surface area contributed by atoms with Crippen molar-refractivity contribution in [2.75, 3.05) is 5.32 Å². The second kappa shape index (κ2) is 6.17. The normalized spacial score (nSPS) is 10.2. The number of hydrogen-bond donors (Lipinski definition) is 2. The topological polar surface area (TPSA) is 79.3 Å². The van der Waals surface area contributed by atoms with Gasteiger partial charge in [0, 0.05) is 5.69 Å². The lowest BCUT2D eigenvalue weighted by Gasteiger charge is -2.07. The quantitative estimate of drug-likeness (QED) is 0.904. The van der Waals surface area contributed by atoms with Crippen LogP contribution >= 0.6 is 0 Å². The van der Waals surface area contributed by atoms with Crippen LogP contribution in [0.15, 0.2) is 36.4 Å². The van der Waals surface area contributed by atoms with Gasteiger partial charge in [0.15, 0.2) is 0 Å². The molecule has 5 heteroatoms. The maximum absolute atomic E-state index is 12.1. The monoisotopic (exact) mass is 284 g/mol. The van der Waals surface area contributed by atoms with Gasteiger partial charge in [0.25, 0.3) is 5.91 Å². The number of pyridine rings is 1. The van der Waals surface area contributed by atoms with Crippen molar-refractivity contribution in [2.45, 2.75) is 20.3 Å². The van der Waals surface area contributed by atoms with E-state index < -0.39 is 5.97 Å². The average molecular weight is 284 g/mol. The van der Waals surface area contributed by atoms with Crippen molar-refractivity contribution in [3.63, 3.8) is 0 Å². The van der Waals surface area contributed by atoms with E-state index in [1.54, 1.807) is 6.92 Å². The number of nitrogens with one attached hydrogen (secondary N) is 1. The van der Waals surface area contributed by atoms with E-state index in [1.807, 2.05) is 24.3 Å². The zero-order valence-corrected chi connectivity index (χ0v) is 11.9. The number of carboxylic acids is 1. The summed E-state index contributed by atoms with van der Waals surface area (Å²) in [7, 11) is 0. The van der Waals surface area contributed by atoms with Gasteiger partial charge in [-0.1, -0.05) is 19.1 Å². The minimum absolute atomic E-state index is 0.0962. The predicted molar refractivity (Wildman–Crippen MR) is 79.7 cm³/mol. The largest absolute Gasteiger partial charge is 0.478 e. The van der Waals surface area contributed by atoms with Crippen LogP contribution in [0.1, 0.15) is 39.0 Å². The fourth-order valence-corrected chi connectivity index (χ4v) is 1.93. The Morgan fingerprint density at radius 3 is 2.33 bits per heavy atom. The summed E-state index contributed by atoms with van der Waals surface area (Å²) in [5.41, 5.74) is 2.47. The summed E-state index contributed by atoms with van der Waals surface area (Å²) in [6.45, 7) is 3.63. The lowest BCUT2D eigenvalue weighted by Crippen LogP contribution is -2.15. The number of benzene rings is 1. The molecule has 108 valence electrons. The molecule has 2 N–H and O–H groups in total. The number of rotatable bonds is 4. The SMILES string of the molecule is CCc1ccc(NC(=O)c2ccc(C(=O)O)c(C)n2)cc1. The molecule has 0 bridgehead atoms. The third-order valence-corrected chi connectivity index (χ3v) is 3.17. The van der Waals surface area contributed by atoms with Gasteiger partial charge in [-0.3, -0.25) is 4.79 Å². The Bertz CT molecular complexity index is 678. The number of aromatic nitrogens is 1. The molecule has 0 unspecified atom stereocenters. The molecule has 0 radical (unpaired) electrons. The van der Waals surface area contributed by atoms with Crippen molar-refractivity contribution < 1.29 is 14.7 Å². The fraction of sp³-hybridized carbons (Fsp3) is 0.188. The van der Waals surface area contributed by atoms with Crippen molar-refractivity contribution in [1.82, 2.24) is 4.98 Å². The van der Waals surface area contributed by atoms with Crippen LogP contribution in [-0.2, 0) is 6.42 Å². The first-order valence-corrected chi connectivity index (χ1v) is 6.62. The summed E-state index contributed by atoms with van der Waals surface area (Å²) < 4.78 is 0. The first kappa shape index (κ1) is 14.7. The van der Waals surface area contributed by atoms with E-state index in [2.05, 4.69) is 17.2 Å². The summed E-state index contributed by atoms with van der Waals surface area (Å²) >= 11 is 0. The Kier molecular flexibility index (Phi) is 4.33. The van der Waals surface area contributed by atoms with Crippen LogP contribution in [0.2, 0.25) is 0 Å². The standard InChI is InChI=1S/C16H16N2O3/c1-3-11-4-6-12(7-5-11)18-15(19)14-9-8-13(16(20)21)10(2)17-14/h4-9H,3H2,1-2H3,(H,18,19)(H,20,21). The van der Waals surface area contributed by atoms with E-state index in [4.69, 9.17) is 5.11 Å². The molecule has 0 aliphatic rings. The molecule has 0 fully saturated rings. The van der Waals surface area contributed by atoms with Gasteiger partial charge in [0.2, 0.25) is 0 Å². The molecule has 1 aromatic carbocycles. The number of aromatic carboxylic acids is 1. The van der Waals surface area contributed by atoms with Crippen molar-refractivity contribution in [1.29, 1.82) is 0 Å². The van der Waals surface area contributed by atoms with E-state index in [0.29, 0.717) is 11.4 Å². The van der Waals surface area contributed by atoms with Gasteiger partial charge in [-0.15, -0.1) is 0 Å². The first-order valence-electron chi connectivity index (χ1n) is 6.62. The molecule has 5 nitrogen and oxygen atoms in total. The molecule has 0 aliphatic heterocycles. The van der Waals surface area contributed by atoms with Gasteiger partial charge >= 0.3 is 5.97 Å². The van der Waals surface area contributed by atoms with Gasteiger partial charge in [-0.25, -0.2) is 9.78 Å². The third kappa shape index (κ3) is 3.45. The fourth-order valence-electron chi connectivity index (χ4n) is 1.93. The minimum Gasteiger partial charge on any atom is -0.478 e. The Labute approximate surface area is 122 Å². The van der Waals surface area contributed by atoms with Crippen LogP contribution in [0, 0.1) is 6.92 Å². The van der Waals surface area contributed by atoms with E-state index in [0.717, 1.165) is 6.42 Å². The van der Waals surface area contributed by atoms with Crippen LogP contribution in [-0.4, -0.2) is 22.0 Å². The van der Waals surface area contributed by atoms with Crippen LogP contribution in [0.5, 0.6) is 0 Å². The molecule has 0 spiro atoms. The summed E-state index contributed by atoms with van der Waals surface area (Å²) in [5, 5.41) is 11.7. The smallest absolute Gasteiger partial charge is 0.337 e. The molecule has 0 aliphatic carbocycles. The maximum Gasteiger partial charge on any atom is 0.337 e. The molecule has 21 heavy (non-hydrogen) atoms. The molecular weight excluding hydrogens is 268 g/mol. The van der Waals surface area contributed by atoms with Crippen molar-refractivity contribution >= 4 is 17.6 Å². The number of anilines is 1. The number of amides is 1. The number of carboxylic acid groups (broad SMARTS) is 1. The zero-order chi connectivity index (χ0) is 15.4. The van der Waals surface area contributed by atoms with E-state index in [-0.39, 0.29) is 17.2 Å². The molecule has 1 heterocycles. The number of aryl methyl sites for hydroxylation is 2. The number of nitrogens with zero attached hydrogens (tertiary/aromatic N) is 1. The summed E-state index contributed by atoms with van der Waals surface area (Å²) in [6, 6.07) is 10.3. The lowest BCUT2D eigenvalue weighted by molar-refractivity contribution is 0.0695. The highest BCUT2D eigenvalue weighted by Crippen LogP contribution is 2.12. The van der Waals surface area contributed by atoms with Gasteiger partial charge in [-0.2, -0.15) is 0 Å². The molecule has 0 saturated carbocycles. The van der Waals surface area contributed by atoms with Crippen LogP contribution < -0.4 is 5.32 Å². The Balaban J connectivity index is 2.16. The lowest BCUT2D eigenvalue weighted by atomic mass is 10.1. The predicted octanol–water partition coefficient (Wildman–Crippen LogP) is 2.90. The summed E-state index contributed by atoms with van der Waals surface area (Å²) in [5.74, 6) is -1.42. The minimum atomic E-state index is -1.05. The Morgan fingerprint density at radius 2 is 1.81 bits per heavy atom. The van der Waals surface area contributed by atoms with Crippen molar-refractivity contribution in [3.8, 4) is 0 Å². The number of carbonyl (C=O) groups is 2. The third-order valence-electron chi connectivity index (χ3n) is 3.17. The van der Waals surface area contributed by atoms with Crippen LogP contribution in [0.3, 0.4) is 0 Å². The Hall–Kier alpha value is -2.69. The van der Waals surface area contributed by atoms with Crippen LogP contribution in [0.25, 0.3) is 0 Å². The molecule has 2 rings (SSSR count). The molecule has 1 aromatic heterocycles. The highest BCUT2D eigenvalue weighted by molar-refractivity contribution is 6.03. The molecule has 0 saturated heterocycles. The second-order valence-electron chi connectivity index (χ2n) is 4.64. The summed E-state index contributed by atoms with van der Waals surface area (Å²) in [4.78, 5) is 27.0. The van der Waals surface area contributed by atoms with E-state index in [9.17, 15) is 9.59 Å². The van der Waals surface area contributed by atoms with Gasteiger partial charge in [-0.05, 0) is 43.2 Å². The Morgan fingerprint density at radius 1 is 1.14 bits per heavy atom. The van der Waals surface area contributed by atoms with Gasteiger partial charge in [0.1, 0.15) is 5.69 Å². The molecule has 1 amide bonds. The molecular formula is C16H16N2O3. The molecule has 0 atom stereocenters. The first-order chi connectivity index (χ1) is 10.0. The summed E-state index contributed by atoms with van der Waals surface area (Å²) in [6.07, 6.45) is 0.936. The number of hydrogen-bond acceptors (Lipinski definition) is 3. The van der Waals surface area contributed by atoms with E-state index >= 15 is 0 Å². The van der Waals surface area contributed by atoms with E-state index in [1.165, 1.54) is 17.7 Å². The number of carbonyl (C=O) groups excluding carboxylic acids is 1. The van der Waals surface area contributed by atoms with Crippen molar-refractivity contribution in [2.24, 2.45) is 0 Å². The highest BCUT2D eigenvalue weighted by Gasteiger charge is 2.13. The van der Waals surface area contributed by atoms with Gasteiger partial charge in [0.05, 0.1) is 11.3 Å². The van der Waals surface area contributed by atoms with Crippen LogP contribution in [0.4, 0.5) is 5.69 Å².